The molecule has 0 saturated carbocycles. The van der Waals surface area contributed by atoms with Crippen molar-refractivity contribution < 1.29 is 18.7 Å². The number of ether oxygens (including phenoxy) is 2. The summed E-state index contributed by atoms with van der Waals surface area (Å²) in [7, 11) is 1.69. The minimum Gasteiger partial charge on any atom is -0.377 e. The van der Waals surface area contributed by atoms with Crippen LogP contribution in [0.5, 0.6) is 0 Å². The number of benzene rings is 1. The Morgan fingerprint density at radius 3 is 3.04 bits per heavy atom. The van der Waals surface area contributed by atoms with E-state index in [1.165, 1.54) is 6.07 Å². The Morgan fingerprint density at radius 2 is 2.33 bits per heavy atom. The molecule has 5 nitrogen and oxygen atoms in total. The minimum atomic E-state index is -0.416. The van der Waals surface area contributed by atoms with E-state index in [-0.39, 0.29) is 29.8 Å². The molecular weight excluding hydrogens is 311 g/mol. The smallest absolute Gasteiger partial charge is 0.238 e. The van der Waals surface area contributed by atoms with Gasteiger partial charge in [0, 0.05) is 26.8 Å². The van der Waals surface area contributed by atoms with Gasteiger partial charge >= 0.3 is 0 Å². The summed E-state index contributed by atoms with van der Waals surface area (Å²) in [6.07, 6.45) is 2.90. The van der Waals surface area contributed by atoms with Crippen molar-refractivity contribution >= 4 is 11.6 Å². The third-order valence-electron chi connectivity index (χ3n) is 5.04. The molecule has 0 bridgehead atoms. The summed E-state index contributed by atoms with van der Waals surface area (Å²) in [5.41, 5.74) is 0.949. The number of nitrogens with zero attached hydrogens (tertiary/aromatic N) is 1. The highest BCUT2D eigenvalue weighted by molar-refractivity contribution is 5.92. The summed E-state index contributed by atoms with van der Waals surface area (Å²) in [6, 6.07) is 4.69. The monoisotopic (exact) mass is 336 g/mol. The Kier molecular flexibility index (Phi) is 5.18. The van der Waals surface area contributed by atoms with Gasteiger partial charge in [-0.2, -0.15) is 0 Å². The lowest BCUT2D eigenvalue weighted by Gasteiger charge is -2.44. The minimum absolute atomic E-state index is 0.0303. The summed E-state index contributed by atoms with van der Waals surface area (Å²) in [5.74, 6) is -0.627. The van der Waals surface area contributed by atoms with Gasteiger partial charge < -0.3 is 14.8 Å². The Morgan fingerprint density at radius 1 is 1.50 bits per heavy atom. The van der Waals surface area contributed by atoms with E-state index in [9.17, 15) is 9.18 Å². The van der Waals surface area contributed by atoms with E-state index in [0.29, 0.717) is 6.54 Å². The van der Waals surface area contributed by atoms with Crippen LogP contribution < -0.4 is 5.32 Å². The third-order valence-corrected chi connectivity index (χ3v) is 5.04. The Bertz CT molecular complexity index is 602. The first-order valence-corrected chi connectivity index (χ1v) is 8.47. The van der Waals surface area contributed by atoms with Crippen LogP contribution in [0.1, 0.15) is 24.8 Å². The molecule has 0 radical (unpaired) electrons. The van der Waals surface area contributed by atoms with Crippen LogP contribution in [0.15, 0.2) is 18.2 Å². The quantitative estimate of drug-likeness (QED) is 0.917. The number of likely N-dealkylation sites (tertiary alicyclic amines) is 1. The summed E-state index contributed by atoms with van der Waals surface area (Å²) < 4.78 is 25.4. The number of carbonyl (C=O) groups excluding carboxylic acids is 1. The van der Waals surface area contributed by atoms with E-state index in [4.69, 9.17) is 9.47 Å². The van der Waals surface area contributed by atoms with Crippen LogP contribution >= 0.6 is 0 Å². The van der Waals surface area contributed by atoms with Gasteiger partial charge in [-0.05, 0) is 43.9 Å². The number of hydrogen-bond donors (Lipinski definition) is 1. The molecule has 1 spiro atoms. The van der Waals surface area contributed by atoms with Crippen LogP contribution in [0.2, 0.25) is 0 Å². The average molecular weight is 336 g/mol. The zero-order valence-corrected chi connectivity index (χ0v) is 14.3. The molecule has 2 aliphatic rings. The first-order chi connectivity index (χ1) is 11.5. The van der Waals surface area contributed by atoms with Crippen LogP contribution in [-0.2, 0) is 14.3 Å². The molecule has 1 aromatic carbocycles. The van der Waals surface area contributed by atoms with E-state index in [2.05, 4.69) is 5.32 Å². The predicted octanol–water partition coefficient (Wildman–Crippen LogP) is 2.34. The number of methoxy groups -OCH3 is 1. The van der Waals surface area contributed by atoms with E-state index in [1.807, 2.05) is 11.8 Å². The molecule has 2 aliphatic heterocycles. The molecule has 0 unspecified atom stereocenters. The summed E-state index contributed by atoms with van der Waals surface area (Å²) in [5, 5.41) is 2.66. The van der Waals surface area contributed by atoms with E-state index < -0.39 is 5.82 Å². The average Bonchev–Trinajstić information content (AvgIpc) is 3.02. The predicted molar refractivity (Wildman–Crippen MR) is 89.5 cm³/mol. The van der Waals surface area contributed by atoms with Crippen LogP contribution in [0.4, 0.5) is 10.1 Å². The molecule has 3 rings (SSSR count). The maximum absolute atomic E-state index is 13.8. The fraction of sp³-hybridized carbons (Fsp3) is 0.611. The fourth-order valence-corrected chi connectivity index (χ4v) is 3.73. The standard InChI is InChI=1S/C18H25FN2O3/c1-13-4-5-14(19)15(10-13)20-17(22)12-21-8-7-18(6-3-9-24-18)16(11-21)23-2/h4-5,10,16H,3,6-9,11-12H2,1-2H3,(H,20,22)/t16-,18+/m0/s1. The van der Waals surface area contributed by atoms with Gasteiger partial charge in [-0.15, -0.1) is 0 Å². The van der Waals surface area contributed by atoms with Crippen molar-refractivity contribution in [1.82, 2.24) is 4.90 Å². The van der Waals surface area contributed by atoms with Crippen LogP contribution in [0.3, 0.4) is 0 Å². The van der Waals surface area contributed by atoms with E-state index in [1.54, 1.807) is 19.2 Å². The Hall–Kier alpha value is -1.50. The van der Waals surface area contributed by atoms with Crippen molar-refractivity contribution in [3.8, 4) is 0 Å². The number of hydrogen-bond acceptors (Lipinski definition) is 4. The maximum atomic E-state index is 13.8. The van der Waals surface area contributed by atoms with Gasteiger partial charge in [-0.3, -0.25) is 9.69 Å². The second-order valence-electron chi connectivity index (χ2n) is 6.76. The molecule has 1 N–H and O–H groups in total. The number of anilines is 1. The lowest BCUT2D eigenvalue weighted by atomic mass is 9.86. The normalized spacial score (nSPS) is 27.5. The maximum Gasteiger partial charge on any atom is 0.238 e. The molecule has 6 heteroatoms. The van der Waals surface area contributed by atoms with Gasteiger partial charge in [0.15, 0.2) is 0 Å². The highest BCUT2D eigenvalue weighted by Gasteiger charge is 2.46. The van der Waals surface area contributed by atoms with Crippen molar-refractivity contribution in [1.29, 1.82) is 0 Å². The zero-order valence-electron chi connectivity index (χ0n) is 14.3. The van der Waals surface area contributed by atoms with Crippen molar-refractivity contribution in [2.24, 2.45) is 0 Å². The molecule has 2 heterocycles. The van der Waals surface area contributed by atoms with Gasteiger partial charge in [0.25, 0.3) is 0 Å². The van der Waals surface area contributed by atoms with Crippen molar-refractivity contribution in [3.05, 3.63) is 29.6 Å². The number of nitrogens with one attached hydrogen (secondary N) is 1. The van der Waals surface area contributed by atoms with Gasteiger partial charge in [-0.25, -0.2) is 4.39 Å². The van der Waals surface area contributed by atoms with E-state index in [0.717, 1.165) is 38.0 Å². The molecule has 0 aliphatic carbocycles. The van der Waals surface area contributed by atoms with E-state index >= 15 is 0 Å². The Balaban J connectivity index is 1.58. The first kappa shape index (κ1) is 17.3. The highest BCUT2D eigenvalue weighted by Crippen LogP contribution is 2.37. The van der Waals surface area contributed by atoms with Gasteiger partial charge in [0.1, 0.15) is 5.82 Å². The largest absolute Gasteiger partial charge is 0.377 e. The molecule has 1 aromatic rings. The topological polar surface area (TPSA) is 50.8 Å². The zero-order chi connectivity index (χ0) is 17.2. The van der Waals surface area contributed by atoms with Crippen LogP contribution in [0.25, 0.3) is 0 Å². The molecule has 24 heavy (non-hydrogen) atoms. The van der Waals surface area contributed by atoms with Crippen LogP contribution in [-0.4, -0.2) is 55.9 Å². The van der Waals surface area contributed by atoms with Crippen molar-refractivity contribution in [2.45, 2.75) is 37.9 Å². The second kappa shape index (κ2) is 7.17. The molecule has 2 saturated heterocycles. The fourth-order valence-electron chi connectivity index (χ4n) is 3.73. The number of piperidine rings is 1. The van der Waals surface area contributed by atoms with Crippen molar-refractivity contribution in [3.63, 3.8) is 0 Å². The molecule has 132 valence electrons. The Labute approximate surface area is 142 Å². The van der Waals surface area contributed by atoms with Crippen molar-refractivity contribution in [2.75, 3.05) is 38.7 Å². The number of amides is 1. The van der Waals surface area contributed by atoms with Crippen LogP contribution in [0, 0.1) is 12.7 Å². The second-order valence-corrected chi connectivity index (χ2v) is 6.76. The lowest BCUT2D eigenvalue weighted by Crippen LogP contribution is -2.57. The number of carbonyl (C=O) groups is 1. The van der Waals surface area contributed by atoms with Gasteiger partial charge in [0.2, 0.25) is 5.91 Å². The molecule has 2 atom stereocenters. The molecule has 2 fully saturated rings. The highest BCUT2D eigenvalue weighted by atomic mass is 19.1. The first-order valence-electron chi connectivity index (χ1n) is 8.47. The number of rotatable bonds is 4. The summed E-state index contributed by atoms with van der Waals surface area (Å²) >= 11 is 0. The SMILES string of the molecule is CO[C@H]1CN(CC(=O)Nc2cc(C)ccc2F)CC[C@]12CCCO2. The third kappa shape index (κ3) is 3.61. The van der Waals surface area contributed by atoms with Gasteiger partial charge in [-0.1, -0.05) is 6.07 Å². The molecular formula is C18H25FN2O3. The summed E-state index contributed by atoms with van der Waals surface area (Å²) in [4.78, 5) is 14.3. The van der Waals surface area contributed by atoms with Gasteiger partial charge in [0.05, 0.1) is 23.9 Å². The summed E-state index contributed by atoms with van der Waals surface area (Å²) in [6.45, 7) is 4.31. The molecule has 1 amide bonds. The number of aryl methyl sites for hydroxylation is 1. The number of halogens is 1. The molecule has 0 aromatic heterocycles. The lowest BCUT2D eigenvalue weighted by molar-refractivity contribution is -0.145.